The summed E-state index contributed by atoms with van der Waals surface area (Å²) in [6, 6.07) is 2.99. The predicted molar refractivity (Wildman–Crippen MR) is 67.4 cm³/mol. The van der Waals surface area contributed by atoms with E-state index in [1.807, 2.05) is 0 Å². The Morgan fingerprint density at radius 2 is 2.11 bits per heavy atom. The smallest absolute Gasteiger partial charge is 0.319 e. The number of rotatable bonds is 4. The number of amides is 2. The van der Waals surface area contributed by atoms with Crippen LogP contribution in [-0.2, 0) is 4.79 Å². The number of nitrogens with zero attached hydrogens (tertiary/aromatic N) is 1. The highest BCUT2D eigenvalue weighted by molar-refractivity contribution is 5.90. The van der Waals surface area contributed by atoms with Gasteiger partial charge in [0, 0.05) is 12.7 Å². The third kappa shape index (κ3) is 3.73. The summed E-state index contributed by atoms with van der Waals surface area (Å²) < 4.78 is 0. The van der Waals surface area contributed by atoms with Crippen LogP contribution in [0.4, 0.5) is 10.5 Å². The summed E-state index contributed by atoms with van der Waals surface area (Å²) in [6.07, 6.45) is 1.63. The first-order valence-electron chi connectivity index (χ1n) is 5.53. The SMILES string of the molecule is Cc1ncccc1NC(=O)NCC(C)(C)C(=O)O. The molecule has 1 rings (SSSR count). The molecule has 2 amide bonds. The number of carboxylic acids is 1. The number of nitrogens with one attached hydrogen (secondary N) is 2. The molecule has 0 radical (unpaired) electrons. The number of aliphatic carboxylic acids is 1. The van der Waals surface area contributed by atoms with E-state index in [4.69, 9.17) is 5.11 Å². The lowest BCUT2D eigenvalue weighted by molar-refractivity contribution is -0.146. The molecule has 0 unspecified atom stereocenters. The molecule has 0 saturated carbocycles. The van der Waals surface area contributed by atoms with Crippen LogP contribution in [0.25, 0.3) is 0 Å². The number of carboxylic acid groups (broad SMARTS) is 1. The van der Waals surface area contributed by atoms with Gasteiger partial charge in [0.1, 0.15) is 0 Å². The molecule has 1 aromatic rings. The van der Waals surface area contributed by atoms with E-state index in [-0.39, 0.29) is 6.54 Å². The summed E-state index contributed by atoms with van der Waals surface area (Å²) in [4.78, 5) is 26.5. The highest BCUT2D eigenvalue weighted by Crippen LogP contribution is 2.14. The molecule has 6 heteroatoms. The standard InChI is InChI=1S/C12H17N3O3/c1-8-9(5-4-6-13-8)15-11(18)14-7-12(2,3)10(16)17/h4-6H,7H2,1-3H3,(H,16,17)(H2,14,15,18). The van der Waals surface area contributed by atoms with Gasteiger partial charge in [0.25, 0.3) is 0 Å². The second kappa shape index (κ2) is 5.48. The number of hydrogen-bond donors (Lipinski definition) is 3. The van der Waals surface area contributed by atoms with Gasteiger partial charge in [-0.2, -0.15) is 0 Å². The van der Waals surface area contributed by atoms with Crippen LogP contribution in [0.15, 0.2) is 18.3 Å². The number of pyridine rings is 1. The minimum atomic E-state index is -0.999. The van der Waals surface area contributed by atoms with E-state index in [1.165, 1.54) is 0 Å². The van der Waals surface area contributed by atoms with Crippen molar-refractivity contribution in [3.05, 3.63) is 24.0 Å². The summed E-state index contributed by atoms with van der Waals surface area (Å²) in [6.45, 7) is 4.92. The third-order valence-electron chi connectivity index (χ3n) is 2.52. The molecule has 1 aromatic heterocycles. The second-order valence-corrected chi connectivity index (χ2v) is 4.63. The van der Waals surface area contributed by atoms with Crippen molar-refractivity contribution in [2.75, 3.05) is 11.9 Å². The Labute approximate surface area is 105 Å². The van der Waals surface area contributed by atoms with Gasteiger partial charge in [-0.05, 0) is 32.9 Å². The summed E-state index contributed by atoms with van der Waals surface area (Å²) in [5.74, 6) is -0.958. The number of carbonyl (C=O) groups is 2. The molecule has 6 nitrogen and oxygen atoms in total. The van der Waals surface area contributed by atoms with Crippen LogP contribution in [0.1, 0.15) is 19.5 Å². The topological polar surface area (TPSA) is 91.3 Å². The average molecular weight is 251 g/mol. The summed E-state index contributed by atoms with van der Waals surface area (Å²) in [5.41, 5.74) is 0.301. The van der Waals surface area contributed by atoms with Crippen LogP contribution in [0.5, 0.6) is 0 Å². The Balaban J connectivity index is 2.54. The number of hydrogen-bond acceptors (Lipinski definition) is 3. The minimum Gasteiger partial charge on any atom is -0.481 e. The molecule has 0 saturated heterocycles. The maximum absolute atomic E-state index is 11.6. The van der Waals surface area contributed by atoms with Crippen molar-refractivity contribution >= 4 is 17.7 Å². The van der Waals surface area contributed by atoms with Crippen molar-refractivity contribution in [1.29, 1.82) is 0 Å². The van der Waals surface area contributed by atoms with Crippen LogP contribution >= 0.6 is 0 Å². The maximum atomic E-state index is 11.6. The average Bonchev–Trinajstić information content (AvgIpc) is 2.29. The molecular weight excluding hydrogens is 234 g/mol. The Morgan fingerprint density at radius 3 is 2.67 bits per heavy atom. The zero-order valence-electron chi connectivity index (χ0n) is 10.7. The van der Waals surface area contributed by atoms with Gasteiger partial charge in [-0.15, -0.1) is 0 Å². The molecule has 0 aliphatic heterocycles. The monoisotopic (exact) mass is 251 g/mol. The number of urea groups is 1. The largest absolute Gasteiger partial charge is 0.481 e. The lowest BCUT2D eigenvalue weighted by Gasteiger charge is -2.19. The van der Waals surface area contributed by atoms with Crippen LogP contribution in [0.2, 0.25) is 0 Å². The van der Waals surface area contributed by atoms with Crippen LogP contribution < -0.4 is 10.6 Å². The van der Waals surface area contributed by atoms with Gasteiger partial charge in [0.2, 0.25) is 0 Å². The van der Waals surface area contributed by atoms with Gasteiger partial charge >= 0.3 is 12.0 Å². The molecule has 0 aliphatic carbocycles. The molecule has 1 heterocycles. The van der Waals surface area contributed by atoms with Crippen LogP contribution in [0, 0.1) is 12.3 Å². The van der Waals surface area contributed by atoms with Crippen molar-refractivity contribution in [1.82, 2.24) is 10.3 Å². The lowest BCUT2D eigenvalue weighted by atomic mass is 9.94. The van der Waals surface area contributed by atoms with Crippen molar-refractivity contribution in [2.24, 2.45) is 5.41 Å². The zero-order valence-corrected chi connectivity index (χ0v) is 10.7. The zero-order chi connectivity index (χ0) is 13.8. The van der Waals surface area contributed by atoms with Crippen LogP contribution in [0.3, 0.4) is 0 Å². The van der Waals surface area contributed by atoms with Gasteiger partial charge in [0.05, 0.1) is 16.8 Å². The first-order valence-corrected chi connectivity index (χ1v) is 5.53. The van der Waals surface area contributed by atoms with Gasteiger partial charge < -0.3 is 15.7 Å². The molecule has 0 aliphatic rings. The van der Waals surface area contributed by atoms with E-state index in [0.717, 1.165) is 0 Å². The summed E-state index contributed by atoms with van der Waals surface area (Å²) in [7, 11) is 0. The molecule has 18 heavy (non-hydrogen) atoms. The van der Waals surface area contributed by atoms with E-state index in [9.17, 15) is 9.59 Å². The van der Waals surface area contributed by atoms with Crippen molar-refractivity contribution in [3.63, 3.8) is 0 Å². The van der Waals surface area contributed by atoms with E-state index in [2.05, 4.69) is 15.6 Å². The van der Waals surface area contributed by atoms with Gasteiger partial charge in [-0.25, -0.2) is 4.79 Å². The fourth-order valence-electron chi connectivity index (χ4n) is 1.16. The van der Waals surface area contributed by atoms with Crippen molar-refractivity contribution in [2.45, 2.75) is 20.8 Å². The van der Waals surface area contributed by atoms with E-state index in [1.54, 1.807) is 39.1 Å². The van der Waals surface area contributed by atoms with Crippen molar-refractivity contribution < 1.29 is 14.7 Å². The first-order chi connectivity index (χ1) is 8.33. The number of anilines is 1. The molecule has 98 valence electrons. The van der Waals surface area contributed by atoms with E-state index < -0.39 is 17.4 Å². The maximum Gasteiger partial charge on any atom is 0.319 e. The Hall–Kier alpha value is -2.11. The van der Waals surface area contributed by atoms with E-state index in [0.29, 0.717) is 11.4 Å². The molecule has 0 atom stereocenters. The second-order valence-electron chi connectivity index (χ2n) is 4.63. The van der Waals surface area contributed by atoms with E-state index >= 15 is 0 Å². The molecule has 0 bridgehead atoms. The molecular formula is C12H17N3O3. The normalized spacial score (nSPS) is 10.8. The number of aromatic nitrogens is 1. The van der Waals surface area contributed by atoms with Gasteiger partial charge in [0.15, 0.2) is 0 Å². The highest BCUT2D eigenvalue weighted by atomic mass is 16.4. The molecule has 0 fully saturated rings. The number of aryl methyl sites for hydroxylation is 1. The fraction of sp³-hybridized carbons (Fsp3) is 0.417. The lowest BCUT2D eigenvalue weighted by Crippen LogP contribution is -2.40. The molecule has 0 spiro atoms. The first kappa shape index (κ1) is 14.0. The summed E-state index contributed by atoms with van der Waals surface area (Å²) in [5, 5.41) is 14.0. The quantitative estimate of drug-likeness (QED) is 0.758. The minimum absolute atomic E-state index is 0.0491. The molecule has 0 aromatic carbocycles. The van der Waals surface area contributed by atoms with Crippen molar-refractivity contribution in [3.8, 4) is 0 Å². The molecule has 3 N–H and O–H groups in total. The Bertz CT molecular complexity index is 458. The van der Waals surface area contributed by atoms with Crippen LogP contribution in [-0.4, -0.2) is 28.6 Å². The van der Waals surface area contributed by atoms with Gasteiger partial charge in [-0.3, -0.25) is 9.78 Å². The Kier molecular flexibility index (Phi) is 4.25. The predicted octanol–water partition coefficient (Wildman–Crippen LogP) is 1.62. The number of carbonyl (C=O) groups excluding carboxylic acids is 1. The third-order valence-corrected chi connectivity index (χ3v) is 2.52. The summed E-state index contributed by atoms with van der Waals surface area (Å²) >= 11 is 0. The Morgan fingerprint density at radius 1 is 1.44 bits per heavy atom. The fourth-order valence-corrected chi connectivity index (χ4v) is 1.16. The highest BCUT2D eigenvalue weighted by Gasteiger charge is 2.27. The van der Waals surface area contributed by atoms with Gasteiger partial charge in [-0.1, -0.05) is 0 Å².